The molecule has 2 aliphatic carbocycles. The molecule has 6 rings (SSSR count). The Kier molecular flexibility index (Phi) is 9.27. The van der Waals surface area contributed by atoms with Gasteiger partial charge in [-0.3, -0.25) is 4.79 Å². The molecule has 2 aromatic rings. The molecular formula is C35H45ClN2O6S. The van der Waals surface area contributed by atoms with Crippen LogP contribution in [0.15, 0.2) is 48.6 Å². The van der Waals surface area contributed by atoms with E-state index in [-0.39, 0.29) is 35.5 Å². The number of nitrogens with one attached hydrogen (secondary N) is 1. The van der Waals surface area contributed by atoms with Crippen LogP contribution in [0.4, 0.5) is 5.69 Å². The Morgan fingerprint density at radius 1 is 1.20 bits per heavy atom. The van der Waals surface area contributed by atoms with Crippen molar-refractivity contribution in [3.63, 3.8) is 0 Å². The molecule has 7 unspecified atom stereocenters. The van der Waals surface area contributed by atoms with E-state index in [1.807, 2.05) is 19.1 Å². The first-order valence-electron chi connectivity index (χ1n) is 16.3. The predicted molar refractivity (Wildman–Crippen MR) is 177 cm³/mol. The minimum atomic E-state index is -3.93. The lowest BCUT2D eigenvalue weighted by Crippen LogP contribution is -2.50. The molecule has 8 nitrogen and oxygen atoms in total. The number of aliphatic hydroxyl groups excluding tert-OH is 1. The summed E-state index contributed by atoms with van der Waals surface area (Å²) < 4.78 is 41.8. The van der Waals surface area contributed by atoms with Gasteiger partial charge in [-0.15, -0.1) is 0 Å². The van der Waals surface area contributed by atoms with Gasteiger partial charge >= 0.3 is 0 Å². The van der Waals surface area contributed by atoms with Gasteiger partial charge in [0, 0.05) is 29.1 Å². The molecule has 2 aliphatic heterocycles. The molecule has 45 heavy (non-hydrogen) atoms. The quantitative estimate of drug-likeness (QED) is 0.412. The smallest absolute Gasteiger partial charge is 0.264 e. The van der Waals surface area contributed by atoms with E-state index in [4.69, 9.17) is 21.1 Å². The number of anilines is 1. The van der Waals surface area contributed by atoms with E-state index in [0.29, 0.717) is 31.2 Å². The van der Waals surface area contributed by atoms with Crippen molar-refractivity contribution >= 4 is 33.2 Å². The van der Waals surface area contributed by atoms with E-state index < -0.39 is 27.3 Å². The maximum Gasteiger partial charge on any atom is 0.264 e. The van der Waals surface area contributed by atoms with Crippen LogP contribution in [0.1, 0.15) is 74.4 Å². The van der Waals surface area contributed by atoms with Crippen LogP contribution in [0.5, 0.6) is 5.75 Å². The summed E-state index contributed by atoms with van der Waals surface area (Å²) >= 11 is 6.42. The predicted octanol–water partition coefficient (Wildman–Crippen LogP) is 5.65. The molecule has 2 aromatic carbocycles. The molecule has 1 amide bonds. The van der Waals surface area contributed by atoms with E-state index in [9.17, 15) is 18.3 Å². The van der Waals surface area contributed by atoms with Crippen molar-refractivity contribution in [2.45, 2.75) is 82.2 Å². The zero-order valence-electron chi connectivity index (χ0n) is 26.4. The number of sulfonamides is 1. The second-order valence-corrected chi connectivity index (χ2v) is 16.2. The average Bonchev–Trinajstić information content (AvgIpc) is 3.13. The van der Waals surface area contributed by atoms with Crippen molar-refractivity contribution < 1.29 is 27.8 Å². The minimum Gasteiger partial charge on any atom is -0.490 e. The molecule has 1 fully saturated rings. The van der Waals surface area contributed by atoms with Crippen molar-refractivity contribution in [3.05, 3.63) is 70.3 Å². The number of aliphatic hydroxyl groups is 1. The zero-order valence-corrected chi connectivity index (χ0v) is 27.9. The molecule has 4 aliphatic rings. The zero-order chi connectivity index (χ0) is 31.9. The maximum atomic E-state index is 13.4. The Labute approximate surface area is 272 Å². The molecule has 0 saturated heterocycles. The van der Waals surface area contributed by atoms with E-state index in [0.717, 1.165) is 49.4 Å². The number of carbonyl (C=O) groups excluding carboxylic acids is 1. The van der Waals surface area contributed by atoms with Crippen LogP contribution in [-0.4, -0.2) is 63.2 Å². The number of allylic oxidation sites excluding steroid dienone is 1. The van der Waals surface area contributed by atoms with Gasteiger partial charge in [-0.25, -0.2) is 13.1 Å². The second kappa shape index (κ2) is 12.9. The molecular weight excluding hydrogens is 612 g/mol. The van der Waals surface area contributed by atoms with Gasteiger partial charge in [0.2, 0.25) is 10.0 Å². The maximum absolute atomic E-state index is 13.4. The first kappa shape index (κ1) is 32.4. The first-order valence-corrected chi connectivity index (χ1v) is 18.2. The summed E-state index contributed by atoms with van der Waals surface area (Å²) in [4.78, 5) is 15.8. The van der Waals surface area contributed by atoms with E-state index in [1.165, 1.54) is 11.1 Å². The monoisotopic (exact) mass is 656 g/mol. The summed E-state index contributed by atoms with van der Waals surface area (Å²) in [7, 11) is -3.93. The fourth-order valence-corrected chi connectivity index (χ4v) is 9.05. The third kappa shape index (κ3) is 6.64. The number of ether oxygens (including phenoxy) is 2. The fraction of sp³-hybridized carbons (Fsp3) is 0.571. The second-order valence-electron chi connectivity index (χ2n) is 13.8. The van der Waals surface area contributed by atoms with Crippen LogP contribution in [0.2, 0.25) is 5.02 Å². The summed E-state index contributed by atoms with van der Waals surface area (Å²) in [5.41, 5.74) is 3.33. The Bertz CT molecular complexity index is 1560. The highest BCUT2D eigenvalue weighted by Crippen LogP contribution is 2.47. The van der Waals surface area contributed by atoms with Crippen molar-refractivity contribution in [2.24, 2.45) is 17.8 Å². The number of halogens is 1. The number of nitrogens with zero attached hydrogens (tertiary/aromatic N) is 1. The van der Waals surface area contributed by atoms with Gasteiger partial charge in [-0.2, -0.15) is 0 Å². The van der Waals surface area contributed by atoms with Crippen molar-refractivity contribution in [2.75, 3.05) is 31.2 Å². The third-order valence-corrected chi connectivity index (χ3v) is 12.7. The molecule has 2 N–H and O–H groups in total. The number of benzene rings is 2. The summed E-state index contributed by atoms with van der Waals surface area (Å²) in [5, 5.41) is 9.98. The van der Waals surface area contributed by atoms with Gasteiger partial charge in [0.05, 0.1) is 36.4 Å². The van der Waals surface area contributed by atoms with E-state index >= 15 is 0 Å². The van der Waals surface area contributed by atoms with Crippen molar-refractivity contribution in [1.29, 1.82) is 0 Å². The molecule has 244 valence electrons. The number of hydrogen-bond acceptors (Lipinski definition) is 7. The van der Waals surface area contributed by atoms with Crippen LogP contribution in [-0.2, 0) is 26.6 Å². The largest absolute Gasteiger partial charge is 0.490 e. The molecule has 0 aromatic heterocycles. The summed E-state index contributed by atoms with van der Waals surface area (Å²) in [6, 6.07) is 11.4. The summed E-state index contributed by atoms with van der Waals surface area (Å²) in [6.07, 6.45) is 8.82. The number of aryl methyl sites for hydroxylation is 1. The lowest BCUT2D eigenvalue weighted by molar-refractivity contribution is -0.0437. The highest BCUT2D eigenvalue weighted by Gasteiger charge is 2.44. The lowest BCUT2D eigenvalue weighted by atomic mass is 9.68. The van der Waals surface area contributed by atoms with E-state index in [2.05, 4.69) is 27.8 Å². The van der Waals surface area contributed by atoms with Crippen LogP contribution in [0, 0.1) is 17.8 Å². The molecule has 0 radical (unpaired) electrons. The summed E-state index contributed by atoms with van der Waals surface area (Å²) in [6.45, 7) is 7.41. The van der Waals surface area contributed by atoms with Crippen LogP contribution in [0.3, 0.4) is 0 Å². The number of carbonyl (C=O) groups is 1. The van der Waals surface area contributed by atoms with Gasteiger partial charge in [-0.1, -0.05) is 36.7 Å². The molecule has 10 heteroatoms. The topological polar surface area (TPSA) is 105 Å². The van der Waals surface area contributed by atoms with Crippen LogP contribution >= 0.6 is 11.6 Å². The standard InChI is InChI=1S/C35H45ClN2O6S/c1-22-6-4-8-32(43-19-23(2)39)29-12-9-27(29)18-38-20-35(15-5-7-25-16-28(36)11-13-30(25)35)21-44-33-14-10-26(17-31(33)38)34(40)37-45(41,42)24(22)3/h4,8,10-11,13-14,16-17,22-24,27,29,32,39H,5-7,9,12,15,18-21H2,1-3H3,(H,37,40)/b8-4+. The normalized spacial score (nSPS) is 32.6. The first-order chi connectivity index (χ1) is 21.5. The Morgan fingerprint density at radius 3 is 2.78 bits per heavy atom. The minimum absolute atomic E-state index is 0.189. The van der Waals surface area contributed by atoms with Gasteiger partial charge in [0.1, 0.15) is 5.75 Å². The summed E-state index contributed by atoms with van der Waals surface area (Å²) in [5.74, 6) is 0.399. The van der Waals surface area contributed by atoms with Crippen molar-refractivity contribution in [1.82, 2.24) is 4.72 Å². The van der Waals surface area contributed by atoms with Gasteiger partial charge in [0.25, 0.3) is 5.91 Å². The lowest BCUT2D eigenvalue weighted by Gasteiger charge is -2.46. The SMILES string of the molecule is CC(O)COC1/C=C/CC(C)C(C)S(=O)(=O)NC(=O)c2ccc3c(c2)N(CC2CCC21)CC1(CCCc2cc(Cl)ccc21)CO3. The molecule has 2 heterocycles. The molecule has 1 saturated carbocycles. The van der Waals surface area contributed by atoms with Gasteiger partial charge < -0.3 is 19.5 Å². The Hall–Kier alpha value is -2.59. The number of rotatable bonds is 3. The molecule has 2 bridgehead atoms. The highest BCUT2D eigenvalue weighted by atomic mass is 35.5. The average molecular weight is 657 g/mol. The fourth-order valence-electron chi connectivity index (χ4n) is 7.57. The van der Waals surface area contributed by atoms with Crippen molar-refractivity contribution in [3.8, 4) is 5.75 Å². The number of amides is 1. The number of hydrogen-bond donors (Lipinski definition) is 2. The third-order valence-electron chi connectivity index (χ3n) is 10.5. The van der Waals surface area contributed by atoms with Crippen LogP contribution in [0.25, 0.3) is 0 Å². The highest BCUT2D eigenvalue weighted by molar-refractivity contribution is 7.90. The van der Waals surface area contributed by atoms with Crippen LogP contribution < -0.4 is 14.4 Å². The number of fused-ring (bicyclic) bond motifs is 4. The van der Waals surface area contributed by atoms with E-state index in [1.54, 1.807) is 32.0 Å². The van der Waals surface area contributed by atoms with Gasteiger partial charge in [-0.05, 0) is 112 Å². The molecule has 7 atom stereocenters. The van der Waals surface area contributed by atoms with Gasteiger partial charge in [0.15, 0.2) is 0 Å². The Morgan fingerprint density at radius 2 is 2.02 bits per heavy atom. The molecule has 1 spiro atoms. The Balaban J connectivity index is 1.42.